The molecule has 2 heterocycles. The van der Waals surface area contributed by atoms with Gasteiger partial charge < -0.3 is 19.9 Å². The normalized spacial score (nSPS) is 14.1. The SMILES string of the molecule is COC(=O)c1ccc2c(=O)n(CCC(=O)NCCCN3CCN(c4ccccc4F)CC3)c(=S)[nH]c2c1. The molecule has 0 radical (unpaired) electrons. The van der Waals surface area contributed by atoms with Gasteiger partial charge in [-0.05, 0) is 55.5 Å². The fourth-order valence-corrected chi connectivity index (χ4v) is 4.74. The Morgan fingerprint density at radius 2 is 1.86 bits per heavy atom. The van der Waals surface area contributed by atoms with E-state index in [-0.39, 0.29) is 35.0 Å². The molecule has 1 aliphatic rings. The molecule has 2 aromatic carbocycles. The molecule has 1 amide bonds. The third kappa shape index (κ3) is 6.41. The Bertz CT molecular complexity index is 1400. The van der Waals surface area contributed by atoms with E-state index in [4.69, 9.17) is 17.0 Å². The van der Waals surface area contributed by atoms with Crippen molar-refractivity contribution in [2.24, 2.45) is 0 Å². The second-order valence-corrected chi connectivity index (χ2v) is 9.26. The van der Waals surface area contributed by atoms with Crippen molar-refractivity contribution in [1.29, 1.82) is 0 Å². The maximum Gasteiger partial charge on any atom is 0.337 e. The molecule has 0 aliphatic carbocycles. The minimum atomic E-state index is -0.507. The molecule has 3 aromatic rings. The number of hydrogen-bond donors (Lipinski definition) is 2. The molecule has 196 valence electrons. The summed E-state index contributed by atoms with van der Waals surface area (Å²) in [6, 6.07) is 11.4. The molecule has 4 rings (SSSR count). The zero-order valence-electron chi connectivity index (χ0n) is 20.7. The predicted octanol–water partition coefficient (Wildman–Crippen LogP) is 2.70. The van der Waals surface area contributed by atoms with Gasteiger partial charge >= 0.3 is 5.97 Å². The Labute approximate surface area is 218 Å². The summed E-state index contributed by atoms with van der Waals surface area (Å²) < 4.78 is 20.2. The summed E-state index contributed by atoms with van der Waals surface area (Å²) in [5, 5.41) is 3.27. The number of fused-ring (bicyclic) bond motifs is 1. The predicted molar refractivity (Wildman–Crippen MR) is 142 cm³/mol. The van der Waals surface area contributed by atoms with Gasteiger partial charge in [0, 0.05) is 45.7 Å². The number of para-hydroxylation sites is 1. The van der Waals surface area contributed by atoms with Crippen LogP contribution in [0.25, 0.3) is 10.9 Å². The molecule has 0 unspecified atom stereocenters. The lowest BCUT2D eigenvalue weighted by Crippen LogP contribution is -2.47. The number of esters is 1. The summed E-state index contributed by atoms with van der Waals surface area (Å²) in [6.07, 6.45) is 0.911. The average molecular weight is 528 g/mol. The van der Waals surface area contributed by atoms with E-state index in [1.165, 1.54) is 29.9 Å². The average Bonchev–Trinajstić information content (AvgIpc) is 2.91. The van der Waals surface area contributed by atoms with Crippen molar-refractivity contribution in [3.05, 3.63) is 69.0 Å². The number of aromatic nitrogens is 2. The van der Waals surface area contributed by atoms with Crippen molar-refractivity contribution in [3.63, 3.8) is 0 Å². The van der Waals surface area contributed by atoms with E-state index in [1.54, 1.807) is 18.2 Å². The Balaban J connectivity index is 1.21. The van der Waals surface area contributed by atoms with Crippen LogP contribution in [0.2, 0.25) is 0 Å². The summed E-state index contributed by atoms with van der Waals surface area (Å²) in [7, 11) is 1.29. The molecule has 9 nitrogen and oxygen atoms in total. The van der Waals surface area contributed by atoms with Crippen LogP contribution in [-0.2, 0) is 16.1 Å². The molecule has 0 spiro atoms. The highest BCUT2D eigenvalue weighted by molar-refractivity contribution is 7.71. The molecule has 0 atom stereocenters. The van der Waals surface area contributed by atoms with Crippen LogP contribution in [0.15, 0.2) is 47.3 Å². The zero-order valence-corrected chi connectivity index (χ0v) is 21.5. The van der Waals surface area contributed by atoms with Crippen molar-refractivity contribution in [2.45, 2.75) is 19.4 Å². The van der Waals surface area contributed by atoms with Crippen LogP contribution in [0.3, 0.4) is 0 Å². The molecular formula is C26H30FN5O4S. The number of aromatic amines is 1. The van der Waals surface area contributed by atoms with E-state index in [2.05, 4.69) is 20.1 Å². The number of H-pyrrole nitrogens is 1. The number of piperazine rings is 1. The van der Waals surface area contributed by atoms with E-state index in [1.807, 2.05) is 6.07 Å². The molecule has 0 saturated carbocycles. The number of rotatable bonds is 9. The number of nitrogens with zero attached hydrogens (tertiary/aromatic N) is 3. The van der Waals surface area contributed by atoms with E-state index in [0.29, 0.717) is 28.7 Å². The van der Waals surface area contributed by atoms with E-state index >= 15 is 0 Å². The number of ether oxygens (including phenoxy) is 1. The van der Waals surface area contributed by atoms with Gasteiger partial charge in [0.15, 0.2) is 4.77 Å². The number of carbonyl (C=O) groups is 2. The van der Waals surface area contributed by atoms with Crippen molar-refractivity contribution >= 4 is 40.7 Å². The molecule has 1 aliphatic heterocycles. The summed E-state index contributed by atoms with van der Waals surface area (Å²) in [4.78, 5) is 44.3. The van der Waals surface area contributed by atoms with Crippen molar-refractivity contribution in [2.75, 3.05) is 51.3 Å². The second-order valence-electron chi connectivity index (χ2n) is 8.87. The van der Waals surface area contributed by atoms with Gasteiger partial charge in [0.2, 0.25) is 5.91 Å². The number of nitrogens with one attached hydrogen (secondary N) is 2. The highest BCUT2D eigenvalue weighted by Crippen LogP contribution is 2.20. The zero-order chi connectivity index (χ0) is 26.4. The topological polar surface area (TPSA) is 99.7 Å². The Kier molecular flexibility index (Phi) is 8.67. The highest BCUT2D eigenvalue weighted by Gasteiger charge is 2.19. The lowest BCUT2D eigenvalue weighted by Gasteiger charge is -2.36. The Morgan fingerprint density at radius 3 is 2.59 bits per heavy atom. The highest BCUT2D eigenvalue weighted by atomic mass is 32.1. The first-order valence-corrected chi connectivity index (χ1v) is 12.6. The Morgan fingerprint density at radius 1 is 1.11 bits per heavy atom. The molecule has 2 N–H and O–H groups in total. The summed E-state index contributed by atoms with van der Waals surface area (Å²) in [5.74, 6) is -0.864. The van der Waals surface area contributed by atoms with Gasteiger partial charge in [-0.3, -0.25) is 19.1 Å². The molecule has 1 saturated heterocycles. The van der Waals surface area contributed by atoms with Crippen LogP contribution in [0.1, 0.15) is 23.2 Å². The maximum absolute atomic E-state index is 14.0. The van der Waals surface area contributed by atoms with Crippen LogP contribution in [0.4, 0.5) is 10.1 Å². The maximum atomic E-state index is 14.0. The molecular weight excluding hydrogens is 497 g/mol. The minimum absolute atomic E-state index is 0.116. The number of methoxy groups -OCH3 is 1. The molecule has 37 heavy (non-hydrogen) atoms. The van der Waals surface area contributed by atoms with Crippen molar-refractivity contribution in [1.82, 2.24) is 19.8 Å². The second kappa shape index (κ2) is 12.1. The minimum Gasteiger partial charge on any atom is -0.465 e. The summed E-state index contributed by atoms with van der Waals surface area (Å²) in [6.45, 7) is 4.72. The number of hydrogen-bond acceptors (Lipinski definition) is 7. The number of benzene rings is 2. The van der Waals surface area contributed by atoms with Gasteiger partial charge in [-0.15, -0.1) is 0 Å². The van der Waals surface area contributed by atoms with Crippen LogP contribution in [0.5, 0.6) is 0 Å². The van der Waals surface area contributed by atoms with E-state index in [9.17, 15) is 18.8 Å². The van der Waals surface area contributed by atoms with Crippen LogP contribution in [0, 0.1) is 10.6 Å². The van der Waals surface area contributed by atoms with Gasteiger partial charge in [-0.25, -0.2) is 9.18 Å². The number of halogens is 1. The first-order valence-electron chi connectivity index (χ1n) is 12.2. The van der Waals surface area contributed by atoms with Gasteiger partial charge in [0.05, 0.1) is 29.3 Å². The third-order valence-electron chi connectivity index (χ3n) is 6.50. The standard InChI is InChI=1S/C26H30FN5O4S/c1-36-25(35)18-7-8-19-21(17-18)29-26(37)32(24(19)34)12-9-23(33)28-10-4-11-30-13-15-31(16-14-30)22-6-3-2-5-20(22)27/h2-3,5-8,17H,4,9-16H2,1H3,(H,28,33)(H,29,37). The molecule has 0 bridgehead atoms. The van der Waals surface area contributed by atoms with Crippen molar-refractivity contribution in [3.8, 4) is 0 Å². The van der Waals surface area contributed by atoms with Gasteiger partial charge in [0.25, 0.3) is 5.56 Å². The fourth-order valence-electron chi connectivity index (χ4n) is 4.46. The van der Waals surface area contributed by atoms with Gasteiger partial charge in [-0.1, -0.05) is 12.1 Å². The lowest BCUT2D eigenvalue weighted by molar-refractivity contribution is -0.121. The van der Waals surface area contributed by atoms with Crippen LogP contribution < -0.4 is 15.8 Å². The number of amides is 1. The Hall–Kier alpha value is -3.57. The molecule has 1 aromatic heterocycles. The summed E-state index contributed by atoms with van der Waals surface area (Å²) in [5.41, 5.74) is 1.07. The quantitative estimate of drug-likeness (QED) is 0.251. The van der Waals surface area contributed by atoms with Gasteiger partial charge in [0.1, 0.15) is 5.82 Å². The molecule has 11 heteroatoms. The van der Waals surface area contributed by atoms with E-state index in [0.717, 1.165) is 39.1 Å². The monoisotopic (exact) mass is 527 g/mol. The number of anilines is 1. The van der Waals surface area contributed by atoms with Crippen LogP contribution >= 0.6 is 12.2 Å². The molecule has 1 fully saturated rings. The van der Waals surface area contributed by atoms with Gasteiger partial charge in [-0.2, -0.15) is 0 Å². The van der Waals surface area contributed by atoms with Crippen molar-refractivity contribution < 1.29 is 18.7 Å². The first-order chi connectivity index (χ1) is 17.9. The lowest BCUT2D eigenvalue weighted by atomic mass is 10.1. The van der Waals surface area contributed by atoms with Crippen LogP contribution in [-0.4, -0.2) is 72.7 Å². The first kappa shape index (κ1) is 26.5. The summed E-state index contributed by atoms with van der Waals surface area (Å²) >= 11 is 5.31. The third-order valence-corrected chi connectivity index (χ3v) is 6.83. The smallest absolute Gasteiger partial charge is 0.337 e. The van der Waals surface area contributed by atoms with E-state index < -0.39 is 5.97 Å². The fraction of sp³-hybridized carbons (Fsp3) is 0.385. The largest absolute Gasteiger partial charge is 0.465 e. The number of carbonyl (C=O) groups excluding carboxylic acids is 2.